The summed E-state index contributed by atoms with van der Waals surface area (Å²) >= 11 is 0. The Morgan fingerprint density at radius 1 is 0.253 bits per heavy atom. The number of allylic oxidation sites excluding steroid dienone is 12. The fourth-order valence-electron chi connectivity index (χ4n) is 10.8. The van der Waals surface area contributed by atoms with Crippen molar-refractivity contribution in [3.63, 3.8) is 0 Å². The normalized spacial score (nSPS) is 12.5. The van der Waals surface area contributed by atoms with E-state index in [1.54, 1.807) is 0 Å². The van der Waals surface area contributed by atoms with Crippen LogP contribution >= 0.6 is 0 Å². The molecular formula is C77H138O6. The SMILES string of the molecule is CC/C=C\C/C=C\C/C=C\C/C=C\C/C=C\C/C=C\CCCCCCCCCCCCCCC(=O)OCC(COC(=O)CCCCCCCC)OC(=O)CCCCCCCCCCCCCCCCCCCCCCCCCCCCCC. The number of unbranched alkanes of at least 4 members (excludes halogenated alkanes) is 44. The first kappa shape index (κ1) is 79.8. The number of esters is 3. The summed E-state index contributed by atoms with van der Waals surface area (Å²) in [5, 5.41) is 0. The van der Waals surface area contributed by atoms with Crippen LogP contribution in [0.3, 0.4) is 0 Å². The number of hydrogen-bond donors (Lipinski definition) is 0. The molecule has 0 aliphatic heterocycles. The van der Waals surface area contributed by atoms with E-state index in [2.05, 4.69) is 93.7 Å². The van der Waals surface area contributed by atoms with Crippen molar-refractivity contribution < 1.29 is 28.6 Å². The third-order valence-corrected chi connectivity index (χ3v) is 16.2. The van der Waals surface area contributed by atoms with Crippen molar-refractivity contribution in [1.82, 2.24) is 0 Å². The zero-order valence-electron chi connectivity index (χ0n) is 55.5. The lowest BCUT2D eigenvalue weighted by molar-refractivity contribution is -0.167. The minimum atomic E-state index is -0.771. The molecule has 482 valence electrons. The van der Waals surface area contributed by atoms with Gasteiger partial charge in [-0.3, -0.25) is 14.4 Å². The number of hydrogen-bond acceptors (Lipinski definition) is 6. The molecule has 0 aromatic carbocycles. The molecule has 0 aromatic heterocycles. The average Bonchev–Trinajstić information content (AvgIpc) is 3.48. The van der Waals surface area contributed by atoms with Gasteiger partial charge in [-0.1, -0.05) is 363 Å². The van der Waals surface area contributed by atoms with E-state index in [1.165, 1.54) is 244 Å². The van der Waals surface area contributed by atoms with E-state index >= 15 is 0 Å². The highest BCUT2D eigenvalue weighted by Gasteiger charge is 2.19. The summed E-state index contributed by atoms with van der Waals surface area (Å²) in [5.74, 6) is -0.861. The summed E-state index contributed by atoms with van der Waals surface area (Å²) in [6, 6.07) is 0. The maximum absolute atomic E-state index is 12.9. The summed E-state index contributed by atoms with van der Waals surface area (Å²) < 4.78 is 16.9. The van der Waals surface area contributed by atoms with Gasteiger partial charge in [0.15, 0.2) is 6.10 Å². The van der Waals surface area contributed by atoms with Crippen LogP contribution in [0.25, 0.3) is 0 Å². The van der Waals surface area contributed by atoms with Gasteiger partial charge in [0.1, 0.15) is 13.2 Å². The molecule has 0 amide bonds. The Labute approximate surface area is 516 Å². The van der Waals surface area contributed by atoms with Crippen LogP contribution in [0, 0.1) is 0 Å². The van der Waals surface area contributed by atoms with Gasteiger partial charge in [0, 0.05) is 19.3 Å². The van der Waals surface area contributed by atoms with E-state index in [0.29, 0.717) is 19.3 Å². The molecule has 0 heterocycles. The fourth-order valence-corrected chi connectivity index (χ4v) is 10.8. The van der Waals surface area contributed by atoms with Gasteiger partial charge in [-0.25, -0.2) is 0 Å². The van der Waals surface area contributed by atoms with Gasteiger partial charge in [0.05, 0.1) is 0 Å². The van der Waals surface area contributed by atoms with Crippen LogP contribution in [0.1, 0.15) is 380 Å². The molecule has 0 rings (SSSR count). The van der Waals surface area contributed by atoms with Gasteiger partial charge in [0.25, 0.3) is 0 Å². The Kier molecular flexibility index (Phi) is 68.6. The monoisotopic (exact) mass is 1160 g/mol. The molecule has 0 spiro atoms. The van der Waals surface area contributed by atoms with E-state index in [9.17, 15) is 14.4 Å². The first-order valence-corrected chi connectivity index (χ1v) is 36.4. The van der Waals surface area contributed by atoms with Crippen molar-refractivity contribution in [3.8, 4) is 0 Å². The van der Waals surface area contributed by atoms with Crippen LogP contribution in [0.4, 0.5) is 0 Å². The number of ether oxygens (including phenoxy) is 3. The topological polar surface area (TPSA) is 78.9 Å². The quantitative estimate of drug-likeness (QED) is 0.0261. The summed E-state index contributed by atoms with van der Waals surface area (Å²) in [5.41, 5.74) is 0. The smallest absolute Gasteiger partial charge is 0.306 e. The van der Waals surface area contributed by atoms with Crippen LogP contribution in [0.2, 0.25) is 0 Å². The Hall–Kier alpha value is -3.15. The third-order valence-electron chi connectivity index (χ3n) is 16.2. The predicted molar refractivity (Wildman–Crippen MR) is 362 cm³/mol. The minimum Gasteiger partial charge on any atom is -0.462 e. The average molecular weight is 1160 g/mol. The highest BCUT2D eigenvalue weighted by atomic mass is 16.6. The van der Waals surface area contributed by atoms with Crippen LogP contribution in [0.5, 0.6) is 0 Å². The molecule has 0 N–H and O–H groups in total. The third kappa shape index (κ3) is 69.5. The van der Waals surface area contributed by atoms with E-state index in [4.69, 9.17) is 14.2 Å². The number of carbonyl (C=O) groups is 3. The second-order valence-corrected chi connectivity index (χ2v) is 24.5. The predicted octanol–water partition coefficient (Wildman–Crippen LogP) is 25.2. The molecule has 0 saturated carbocycles. The summed E-state index contributed by atoms with van der Waals surface area (Å²) in [6.45, 7) is 6.52. The van der Waals surface area contributed by atoms with Crippen molar-refractivity contribution in [1.29, 1.82) is 0 Å². The highest BCUT2D eigenvalue weighted by molar-refractivity contribution is 5.71. The molecule has 0 bridgehead atoms. The maximum atomic E-state index is 12.9. The summed E-state index contributed by atoms with van der Waals surface area (Å²) in [4.78, 5) is 38.1. The van der Waals surface area contributed by atoms with Gasteiger partial charge in [-0.2, -0.15) is 0 Å². The molecule has 6 nitrogen and oxygen atoms in total. The minimum absolute atomic E-state index is 0.0711. The molecule has 0 radical (unpaired) electrons. The second-order valence-electron chi connectivity index (χ2n) is 24.5. The van der Waals surface area contributed by atoms with Crippen molar-refractivity contribution in [2.45, 2.75) is 386 Å². The molecule has 0 aliphatic carbocycles. The fraction of sp³-hybridized carbons (Fsp3) is 0.805. The van der Waals surface area contributed by atoms with Crippen LogP contribution in [-0.2, 0) is 28.6 Å². The number of rotatable bonds is 67. The highest BCUT2D eigenvalue weighted by Crippen LogP contribution is 2.19. The molecule has 0 fully saturated rings. The summed E-state index contributed by atoms with van der Waals surface area (Å²) in [6.07, 6.45) is 94.2. The number of carbonyl (C=O) groups excluding carboxylic acids is 3. The van der Waals surface area contributed by atoms with Crippen molar-refractivity contribution >= 4 is 17.9 Å². The molecular weight excluding hydrogens is 1020 g/mol. The summed E-state index contributed by atoms with van der Waals surface area (Å²) in [7, 11) is 0. The first-order valence-electron chi connectivity index (χ1n) is 36.4. The molecule has 1 unspecified atom stereocenters. The van der Waals surface area contributed by atoms with Crippen LogP contribution in [0.15, 0.2) is 72.9 Å². The van der Waals surface area contributed by atoms with Gasteiger partial charge in [0.2, 0.25) is 0 Å². The first-order chi connectivity index (χ1) is 41.0. The standard InChI is InChI=1S/C77H138O6/c1-4-7-10-13-16-18-20-22-24-26-28-30-32-34-36-38-39-40-42-43-45-47-49-51-53-55-57-59-61-64-67-70-76(79)82-73-74(72-81-75(78)69-66-63-15-12-9-6-3)83-77(80)71-68-65-62-60-58-56-54-52-50-48-46-44-41-37-35-33-31-29-27-25-23-21-19-17-14-11-8-5-2/h7,10,16,18,22,24,28,30,34,36,39-40,74H,4-6,8-9,11-15,17,19-21,23,25-27,29,31-33,35,37-38,41-73H2,1-3H3/b10-7-,18-16-,24-22-,30-28-,36-34-,40-39-. The van der Waals surface area contributed by atoms with E-state index in [0.717, 1.165) is 96.3 Å². The van der Waals surface area contributed by atoms with Gasteiger partial charge < -0.3 is 14.2 Å². The Morgan fingerprint density at radius 3 is 0.735 bits per heavy atom. The van der Waals surface area contributed by atoms with Crippen molar-refractivity contribution in [2.75, 3.05) is 13.2 Å². The zero-order valence-corrected chi connectivity index (χ0v) is 55.5. The van der Waals surface area contributed by atoms with Crippen LogP contribution < -0.4 is 0 Å². The molecule has 1 atom stereocenters. The Bertz CT molecular complexity index is 1520. The molecule has 0 saturated heterocycles. The lowest BCUT2D eigenvalue weighted by atomic mass is 10.0. The Morgan fingerprint density at radius 2 is 0.470 bits per heavy atom. The molecule has 83 heavy (non-hydrogen) atoms. The van der Waals surface area contributed by atoms with Crippen molar-refractivity contribution in [2.24, 2.45) is 0 Å². The van der Waals surface area contributed by atoms with E-state index in [1.807, 2.05) is 0 Å². The Balaban J connectivity index is 3.99. The molecule has 6 heteroatoms. The molecule has 0 aliphatic rings. The zero-order chi connectivity index (χ0) is 59.9. The van der Waals surface area contributed by atoms with E-state index < -0.39 is 6.10 Å². The lowest BCUT2D eigenvalue weighted by Gasteiger charge is -2.18. The van der Waals surface area contributed by atoms with Crippen LogP contribution in [-0.4, -0.2) is 37.2 Å². The maximum Gasteiger partial charge on any atom is 0.306 e. The molecule has 0 aromatic rings. The second kappa shape index (κ2) is 71.3. The van der Waals surface area contributed by atoms with Gasteiger partial charge in [-0.05, 0) is 70.6 Å². The lowest BCUT2D eigenvalue weighted by Crippen LogP contribution is -2.30. The van der Waals surface area contributed by atoms with Gasteiger partial charge >= 0.3 is 17.9 Å². The van der Waals surface area contributed by atoms with Crippen molar-refractivity contribution in [3.05, 3.63) is 72.9 Å². The largest absolute Gasteiger partial charge is 0.462 e. The van der Waals surface area contributed by atoms with Gasteiger partial charge in [-0.15, -0.1) is 0 Å². The van der Waals surface area contributed by atoms with E-state index in [-0.39, 0.29) is 31.1 Å².